The van der Waals surface area contributed by atoms with Crippen LogP contribution in [0.15, 0.2) is 30.5 Å². The summed E-state index contributed by atoms with van der Waals surface area (Å²) in [6.45, 7) is 2.26. The molecule has 1 aromatic carbocycles. The molecule has 3 aromatic rings. The molecule has 0 bridgehead atoms. The maximum absolute atomic E-state index is 5.52. The highest BCUT2D eigenvalue weighted by Crippen LogP contribution is 2.19. The van der Waals surface area contributed by atoms with Gasteiger partial charge >= 0.3 is 0 Å². The number of hydrogen-bond acceptors (Lipinski definition) is 5. The highest BCUT2D eigenvalue weighted by molar-refractivity contribution is 5.80. The number of aromatic amines is 1. The van der Waals surface area contributed by atoms with E-state index in [-0.39, 0.29) is 0 Å². The van der Waals surface area contributed by atoms with E-state index in [2.05, 4.69) is 25.3 Å². The van der Waals surface area contributed by atoms with Crippen LogP contribution < -0.4 is 11.1 Å². The van der Waals surface area contributed by atoms with E-state index >= 15 is 0 Å². The first-order chi connectivity index (χ1) is 9.24. The summed E-state index contributed by atoms with van der Waals surface area (Å²) in [6, 6.07) is 7.74. The second kappa shape index (κ2) is 4.66. The van der Waals surface area contributed by atoms with Crippen molar-refractivity contribution in [2.24, 2.45) is 5.73 Å². The molecule has 4 N–H and O–H groups in total. The summed E-state index contributed by atoms with van der Waals surface area (Å²) in [7, 11) is 0. The van der Waals surface area contributed by atoms with E-state index in [4.69, 9.17) is 5.73 Å². The molecule has 0 aliphatic rings. The summed E-state index contributed by atoms with van der Waals surface area (Å²) in [5.74, 6) is 2.24. The molecule has 0 aliphatic heterocycles. The van der Waals surface area contributed by atoms with Crippen LogP contribution >= 0.6 is 0 Å². The second-order valence-electron chi connectivity index (χ2n) is 4.24. The van der Waals surface area contributed by atoms with E-state index in [9.17, 15) is 0 Å². The van der Waals surface area contributed by atoms with E-state index in [0.29, 0.717) is 12.4 Å². The lowest BCUT2D eigenvalue weighted by Gasteiger charge is -2.06. The van der Waals surface area contributed by atoms with Crippen LogP contribution in [0.1, 0.15) is 11.6 Å². The van der Waals surface area contributed by atoms with Crippen LogP contribution in [0.25, 0.3) is 11.0 Å². The third-order valence-electron chi connectivity index (χ3n) is 2.76. The van der Waals surface area contributed by atoms with Crippen molar-refractivity contribution in [3.63, 3.8) is 0 Å². The molecule has 2 aromatic heterocycles. The fourth-order valence-corrected chi connectivity index (χ4v) is 1.93. The van der Waals surface area contributed by atoms with Gasteiger partial charge in [-0.3, -0.25) is 0 Å². The Hall–Kier alpha value is -2.47. The molecule has 0 spiro atoms. The fourth-order valence-electron chi connectivity index (χ4n) is 1.93. The van der Waals surface area contributed by atoms with Crippen molar-refractivity contribution < 1.29 is 0 Å². The molecule has 6 heteroatoms. The van der Waals surface area contributed by atoms with Gasteiger partial charge in [0.1, 0.15) is 17.5 Å². The van der Waals surface area contributed by atoms with Gasteiger partial charge in [-0.1, -0.05) is 0 Å². The van der Waals surface area contributed by atoms with E-state index in [1.54, 1.807) is 6.20 Å². The maximum atomic E-state index is 5.52. The number of imidazole rings is 1. The van der Waals surface area contributed by atoms with Crippen LogP contribution in [-0.4, -0.2) is 19.9 Å². The fraction of sp³-hybridized carbons (Fsp3) is 0.154. The first-order valence-electron chi connectivity index (χ1n) is 6.00. The van der Waals surface area contributed by atoms with E-state index in [1.807, 2.05) is 31.2 Å². The number of aryl methyl sites for hydroxylation is 1. The van der Waals surface area contributed by atoms with Crippen molar-refractivity contribution in [2.75, 3.05) is 5.32 Å². The average Bonchev–Trinajstić information content (AvgIpc) is 2.78. The van der Waals surface area contributed by atoms with Gasteiger partial charge in [0.25, 0.3) is 0 Å². The van der Waals surface area contributed by atoms with Gasteiger partial charge in [-0.25, -0.2) is 15.0 Å². The van der Waals surface area contributed by atoms with E-state index in [1.165, 1.54) is 0 Å². The molecule has 0 unspecified atom stereocenters. The molecule has 0 aliphatic carbocycles. The summed E-state index contributed by atoms with van der Waals surface area (Å²) in [6.07, 6.45) is 1.69. The van der Waals surface area contributed by atoms with Crippen LogP contribution in [0.4, 0.5) is 11.5 Å². The summed E-state index contributed by atoms with van der Waals surface area (Å²) >= 11 is 0. The number of H-pyrrole nitrogens is 1. The molecule has 0 atom stereocenters. The molecule has 2 heterocycles. The Balaban J connectivity index is 1.91. The summed E-state index contributed by atoms with van der Waals surface area (Å²) < 4.78 is 0. The quantitative estimate of drug-likeness (QED) is 0.663. The topological polar surface area (TPSA) is 92.5 Å². The molecule has 6 nitrogen and oxygen atoms in total. The number of aromatic nitrogens is 4. The average molecular weight is 254 g/mol. The minimum Gasteiger partial charge on any atom is -0.342 e. The Morgan fingerprint density at radius 3 is 3.00 bits per heavy atom. The number of fused-ring (bicyclic) bond motifs is 1. The number of hydrogen-bond donors (Lipinski definition) is 3. The number of anilines is 2. The Kier molecular flexibility index (Phi) is 2.85. The molecule has 19 heavy (non-hydrogen) atoms. The standard InChI is InChI=1S/C13H14N6/c1-8-16-10-3-2-9(6-11(10)17-8)18-12-4-5-15-13(7-14)19-12/h2-6H,7,14H2,1H3,(H,16,17)(H,15,18,19). The van der Waals surface area contributed by atoms with Crippen LogP contribution in [0, 0.1) is 6.92 Å². The van der Waals surface area contributed by atoms with Crippen LogP contribution in [0.2, 0.25) is 0 Å². The number of nitrogens with one attached hydrogen (secondary N) is 2. The molecular formula is C13H14N6. The molecular weight excluding hydrogens is 240 g/mol. The van der Waals surface area contributed by atoms with E-state index in [0.717, 1.165) is 28.4 Å². The van der Waals surface area contributed by atoms with Crippen molar-refractivity contribution in [1.29, 1.82) is 0 Å². The Labute approximate surface area is 110 Å². The van der Waals surface area contributed by atoms with Gasteiger partial charge < -0.3 is 16.0 Å². The SMILES string of the molecule is Cc1nc2ccc(Nc3ccnc(CN)n3)cc2[nH]1. The summed E-state index contributed by atoms with van der Waals surface area (Å²) in [4.78, 5) is 15.9. The molecule has 0 radical (unpaired) electrons. The molecule has 0 saturated carbocycles. The van der Waals surface area contributed by atoms with Crippen molar-refractivity contribution in [1.82, 2.24) is 19.9 Å². The predicted octanol–water partition coefficient (Wildman–Crippen LogP) is 1.86. The van der Waals surface area contributed by atoms with Crippen molar-refractivity contribution in [3.05, 3.63) is 42.1 Å². The highest BCUT2D eigenvalue weighted by Gasteiger charge is 2.02. The number of nitrogens with zero attached hydrogens (tertiary/aromatic N) is 3. The lowest BCUT2D eigenvalue weighted by atomic mass is 10.3. The molecule has 0 saturated heterocycles. The van der Waals surface area contributed by atoms with Gasteiger partial charge in [-0.05, 0) is 31.2 Å². The molecule has 0 amide bonds. The first kappa shape index (κ1) is 11.6. The lowest BCUT2D eigenvalue weighted by Crippen LogP contribution is -2.04. The number of nitrogens with two attached hydrogens (primary N) is 1. The molecule has 0 fully saturated rings. The van der Waals surface area contributed by atoms with E-state index < -0.39 is 0 Å². The van der Waals surface area contributed by atoms with Gasteiger partial charge in [-0.2, -0.15) is 0 Å². The van der Waals surface area contributed by atoms with Crippen LogP contribution in [0.3, 0.4) is 0 Å². The molecule has 96 valence electrons. The predicted molar refractivity (Wildman–Crippen MR) is 74.0 cm³/mol. The normalized spacial score (nSPS) is 10.8. The Bertz CT molecular complexity index is 718. The van der Waals surface area contributed by atoms with Crippen molar-refractivity contribution in [2.45, 2.75) is 13.5 Å². The Morgan fingerprint density at radius 2 is 2.16 bits per heavy atom. The smallest absolute Gasteiger partial charge is 0.144 e. The highest BCUT2D eigenvalue weighted by atomic mass is 15.0. The molecule has 3 rings (SSSR count). The van der Waals surface area contributed by atoms with Crippen LogP contribution in [0.5, 0.6) is 0 Å². The third kappa shape index (κ3) is 2.38. The van der Waals surface area contributed by atoms with Gasteiger partial charge in [0, 0.05) is 11.9 Å². The third-order valence-corrected chi connectivity index (χ3v) is 2.76. The van der Waals surface area contributed by atoms with Crippen molar-refractivity contribution in [3.8, 4) is 0 Å². The zero-order valence-electron chi connectivity index (χ0n) is 10.5. The van der Waals surface area contributed by atoms with Gasteiger partial charge in [0.15, 0.2) is 0 Å². The number of rotatable bonds is 3. The lowest BCUT2D eigenvalue weighted by molar-refractivity contribution is 0.912. The van der Waals surface area contributed by atoms with Gasteiger partial charge in [0.2, 0.25) is 0 Å². The first-order valence-corrected chi connectivity index (χ1v) is 6.00. The monoisotopic (exact) mass is 254 g/mol. The second-order valence-corrected chi connectivity index (χ2v) is 4.24. The van der Waals surface area contributed by atoms with Crippen LogP contribution in [-0.2, 0) is 6.54 Å². The zero-order chi connectivity index (χ0) is 13.2. The summed E-state index contributed by atoms with van der Waals surface area (Å²) in [5.41, 5.74) is 8.41. The largest absolute Gasteiger partial charge is 0.342 e. The van der Waals surface area contributed by atoms with Crippen molar-refractivity contribution >= 4 is 22.5 Å². The van der Waals surface area contributed by atoms with Gasteiger partial charge in [-0.15, -0.1) is 0 Å². The number of benzene rings is 1. The zero-order valence-corrected chi connectivity index (χ0v) is 10.5. The minimum absolute atomic E-state index is 0.328. The maximum Gasteiger partial charge on any atom is 0.144 e. The van der Waals surface area contributed by atoms with Gasteiger partial charge in [0.05, 0.1) is 17.6 Å². The summed E-state index contributed by atoms with van der Waals surface area (Å²) in [5, 5.41) is 3.23. The Morgan fingerprint density at radius 1 is 1.26 bits per heavy atom. The minimum atomic E-state index is 0.328.